The highest BCUT2D eigenvalue weighted by atomic mass is 32.2. The van der Waals surface area contributed by atoms with Gasteiger partial charge in [-0.1, -0.05) is 24.3 Å². The van der Waals surface area contributed by atoms with Crippen molar-refractivity contribution in [3.05, 3.63) is 106 Å². The maximum absolute atomic E-state index is 13.1. The van der Waals surface area contributed by atoms with Crippen molar-refractivity contribution in [1.82, 2.24) is 5.32 Å². The average Bonchev–Trinajstić information content (AvgIpc) is 3.50. The van der Waals surface area contributed by atoms with Crippen molar-refractivity contribution >= 4 is 58.3 Å². The van der Waals surface area contributed by atoms with Gasteiger partial charge in [0.2, 0.25) is 5.91 Å². The lowest BCUT2D eigenvalue weighted by molar-refractivity contribution is -0.114. The number of carbonyl (C=O) groups excluding carboxylic acids is 3. The molecule has 0 saturated heterocycles. The molecule has 0 fully saturated rings. The van der Waals surface area contributed by atoms with E-state index in [0.29, 0.717) is 28.4 Å². The van der Waals surface area contributed by atoms with Crippen molar-refractivity contribution in [2.45, 2.75) is 4.90 Å². The van der Waals surface area contributed by atoms with E-state index in [1.54, 1.807) is 67.8 Å². The van der Waals surface area contributed by atoms with Crippen LogP contribution in [-0.2, 0) is 9.59 Å². The fraction of sp³-hybridized carbons (Fsp3) is 0.100. The topological polar surface area (TPSA) is 106 Å². The van der Waals surface area contributed by atoms with Crippen LogP contribution in [0.25, 0.3) is 6.08 Å². The van der Waals surface area contributed by atoms with E-state index in [2.05, 4.69) is 16.0 Å². The Kier molecular flexibility index (Phi) is 9.98. The van der Waals surface area contributed by atoms with Gasteiger partial charge in [-0.15, -0.1) is 23.1 Å². The third-order valence-corrected chi connectivity index (χ3v) is 7.35. The molecule has 0 aliphatic carbocycles. The third kappa shape index (κ3) is 7.98. The number of thioether (sulfide) groups is 1. The number of hydrogen-bond donors (Lipinski definition) is 3. The lowest BCUT2D eigenvalue weighted by atomic mass is 10.2. The van der Waals surface area contributed by atoms with Gasteiger partial charge in [-0.05, 0) is 66.1 Å². The zero-order chi connectivity index (χ0) is 28.3. The minimum Gasteiger partial charge on any atom is -0.497 e. The van der Waals surface area contributed by atoms with E-state index in [-0.39, 0.29) is 23.3 Å². The van der Waals surface area contributed by atoms with Crippen LogP contribution in [0.5, 0.6) is 11.5 Å². The highest BCUT2D eigenvalue weighted by Gasteiger charge is 2.16. The Hall–Kier alpha value is -4.54. The molecule has 204 valence electrons. The Morgan fingerprint density at radius 2 is 1.65 bits per heavy atom. The molecule has 0 aliphatic rings. The SMILES string of the molecule is COc1ccc(OC)c(NC(=O)CSc2ccc(NC(=O)/C(=C/c3cccs3)NC(=O)c3ccccc3)cc2)c1. The smallest absolute Gasteiger partial charge is 0.272 e. The van der Waals surface area contributed by atoms with Crippen LogP contribution in [-0.4, -0.2) is 37.7 Å². The summed E-state index contributed by atoms with van der Waals surface area (Å²) >= 11 is 2.81. The summed E-state index contributed by atoms with van der Waals surface area (Å²) < 4.78 is 10.5. The van der Waals surface area contributed by atoms with E-state index in [1.807, 2.05) is 35.7 Å². The standard InChI is InChI=1S/C30H27N3O5S2/c1-37-22-12-15-27(38-2)25(17-22)32-28(34)19-40-23-13-10-21(11-14-23)31-30(36)26(18-24-9-6-16-39-24)33-29(35)20-7-4-3-5-8-20/h3-18H,19H2,1-2H3,(H,31,36)(H,32,34)(H,33,35)/b26-18-. The zero-order valence-corrected chi connectivity index (χ0v) is 23.4. The summed E-state index contributed by atoms with van der Waals surface area (Å²) in [4.78, 5) is 40.0. The highest BCUT2D eigenvalue weighted by molar-refractivity contribution is 8.00. The molecule has 8 nitrogen and oxygen atoms in total. The Morgan fingerprint density at radius 1 is 0.875 bits per heavy atom. The van der Waals surface area contributed by atoms with Crippen molar-refractivity contribution < 1.29 is 23.9 Å². The summed E-state index contributed by atoms with van der Waals surface area (Å²) in [5, 5.41) is 10.3. The summed E-state index contributed by atoms with van der Waals surface area (Å²) in [7, 11) is 3.08. The molecule has 3 amide bonds. The van der Waals surface area contributed by atoms with Crippen LogP contribution >= 0.6 is 23.1 Å². The van der Waals surface area contributed by atoms with Gasteiger partial charge >= 0.3 is 0 Å². The summed E-state index contributed by atoms with van der Waals surface area (Å²) in [6, 6.07) is 24.7. The molecule has 0 unspecified atom stereocenters. The van der Waals surface area contributed by atoms with E-state index in [9.17, 15) is 14.4 Å². The number of methoxy groups -OCH3 is 2. The molecule has 1 aromatic heterocycles. The lowest BCUT2D eigenvalue weighted by Gasteiger charge is -2.12. The van der Waals surface area contributed by atoms with E-state index < -0.39 is 5.91 Å². The molecule has 0 saturated carbocycles. The van der Waals surface area contributed by atoms with Crippen LogP contribution in [0.1, 0.15) is 15.2 Å². The van der Waals surface area contributed by atoms with Crippen molar-refractivity contribution in [1.29, 1.82) is 0 Å². The fourth-order valence-corrected chi connectivity index (χ4v) is 4.89. The molecule has 4 aromatic rings. The van der Waals surface area contributed by atoms with Gasteiger partial charge in [-0.25, -0.2) is 0 Å². The van der Waals surface area contributed by atoms with Gasteiger partial charge < -0.3 is 25.4 Å². The van der Waals surface area contributed by atoms with Gasteiger partial charge in [0.25, 0.3) is 11.8 Å². The lowest BCUT2D eigenvalue weighted by Crippen LogP contribution is -2.30. The van der Waals surface area contributed by atoms with Gasteiger partial charge in [0, 0.05) is 27.1 Å². The maximum Gasteiger partial charge on any atom is 0.272 e. The zero-order valence-electron chi connectivity index (χ0n) is 21.8. The van der Waals surface area contributed by atoms with E-state index in [4.69, 9.17) is 9.47 Å². The predicted molar refractivity (Wildman–Crippen MR) is 160 cm³/mol. The quantitative estimate of drug-likeness (QED) is 0.152. The second-order valence-corrected chi connectivity index (χ2v) is 10.3. The second-order valence-electron chi connectivity index (χ2n) is 8.28. The van der Waals surface area contributed by atoms with Gasteiger partial charge in [0.05, 0.1) is 25.7 Å². The van der Waals surface area contributed by atoms with Gasteiger partial charge in [-0.2, -0.15) is 0 Å². The monoisotopic (exact) mass is 573 g/mol. The number of amides is 3. The number of rotatable bonds is 11. The van der Waals surface area contributed by atoms with Crippen molar-refractivity contribution in [2.75, 3.05) is 30.6 Å². The predicted octanol–water partition coefficient (Wildman–Crippen LogP) is 5.91. The Balaban J connectivity index is 1.36. The highest BCUT2D eigenvalue weighted by Crippen LogP contribution is 2.29. The molecule has 0 aliphatic heterocycles. The largest absolute Gasteiger partial charge is 0.497 e. The molecular weight excluding hydrogens is 546 g/mol. The number of hydrogen-bond acceptors (Lipinski definition) is 7. The van der Waals surface area contributed by atoms with Crippen molar-refractivity contribution in [2.24, 2.45) is 0 Å². The van der Waals surface area contributed by atoms with Crippen LogP contribution in [0.3, 0.4) is 0 Å². The molecule has 0 spiro atoms. The molecule has 40 heavy (non-hydrogen) atoms. The molecular formula is C30H27N3O5S2. The van der Waals surface area contributed by atoms with Crippen molar-refractivity contribution in [3.8, 4) is 11.5 Å². The number of benzene rings is 3. The van der Waals surface area contributed by atoms with Crippen LogP contribution in [0.2, 0.25) is 0 Å². The summed E-state index contributed by atoms with van der Waals surface area (Å²) in [5.41, 5.74) is 1.64. The van der Waals surface area contributed by atoms with Crippen LogP contribution in [0.15, 0.2) is 101 Å². The van der Waals surface area contributed by atoms with Crippen LogP contribution in [0.4, 0.5) is 11.4 Å². The number of thiophene rings is 1. The summed E-state index contributed by atoms with van der Waals surface area (Å²) in [6.45, 7) is 0. The first kappa shape index (κ1) is 28.5. The fourth-order valence-electron chi connectivity index (χ4n) is 3.54. The number of carbonyl (C=O) groups is 3. The number of anilines is 2. The summed E-state index contributed by atoms with van der Waals surface area (Å²) in [6.07, 6.45) is 1.64. The summed E-state index contributed by atoms with van der Waals surface area (Å²) in [5.74, 6) is 0.276. The van der Waals surface area contributed by atoms with Crippen LogP contribution < -0.4 is 25.4 Å². The minimum atomic E-state index is -0.454. The maximum atomic E-state index is 13.1. The normalized spacial score (nSPS) is 10.9. The molecule has 0 radical (unpaired) electrons. The molecule has 3 aromatic carbocycles. The van der Waals surface area contributed by atoms with Gasteiger partial charge in [0.15, 0.2) is 0 Å². The van der Waals surface area contributed by atoms with E-state index >= 15 is 0 Å². The minimum absolute atomic E-state index is 0.124. The Bertz CT molecular complexity index is 1490. The average molecular weight is 574 g/mol. The first-order valence-electron chi connectivity index (χ1n) is 12.1. The molecule has 1 heterocycles. The van der Waals surface area contributed by atoms with Crippen LogP contribution in [0, 0.1) is 0 Å². The van der Waals surface area contributed by atoms with Gasteiger partial charge in [-0.3, -0.25) is 14.4 Å². The number of nitrogens with one attached hydrogen (secondary N) is 3. The Morgan fingerprint density at radius 3 is 2.33 bits per heavy atom. The molecule has 4 rings (SSSR count). The Labute approximate surface area is 240 Å². The molecule has 0 bridgehead atoms. The third-order valence-electron chi connectivity index (χ3n) is 5.52. The van der Waals surface area contributed by atoms with E-state index in [1.165, 1.54) is 30.2 Å². The first-order chi connectivity index (χ1) is 19.4. The molecule has 3 N–H and O–H groups in total. The second kappa shape index (κ2) is 14.0. The number of ether oxygens (including phenoxy) is 2. The molecule has 10 heteroatoms. The first-order valence-corrected chi connectivity index (χ1v) is 14.0. The van der Waals surface area contributed by atoms with Crippen molar-refractivity contribution in [3.63, 3.8) is 0 Å². The molecule has 0 atom stereocenters. The van der Waals surface area contributed by atoms with Gasteiger partial charge in [0.1, 0.15) is 17.2 Å². The van der Waals surface area contributed by atoms with E-state index in [0.717, 1.165) is 9.77 Å².